The number of rotatable bonds is 8. The van der Waals surface area contributed by atoms with Crippen LogP contribution >= 0.6 is 11.6 Å². The van der Waals surface area contributed by atoms with Crippen molar-refractivity contribution in [3.05, 3.63) is 121 Å². The van der Waals surface area contributed by atoms with Gasteiger partial charge in [0.25, 0.3) is 0 Å². The van der Waals surface area contributed by atoms with Crippen LogP contribution in [-0.4, -0.2) is 62.3 Å². The SMILES string of the molecule is Cc1cc(C)c(C(=O)OCC2OC(n3cnc4c(Cl)ncnc43)C(OC(=O)c3c(C)cc(C)cc3C)C2OC(=O)c2c(C)cc(C)cc2C)c(C)c1. The highest BCUT2D eigenvalue weighted by Crippen LogP contribution is 2.38. The number of nitrogens with zero attached hydrogens (tertiary/aromatic N) is 4. The van der Waals surface area contributed by atoms with Gasteiger partial charge in [-0.1, -0.05) is 64.7 Å². The smallest absolute Gasteiger partial charge is 0.339 e. The number of carbonyl (C=O) groups is 3. The molecular weight excluding hydrogens is 684 g/mol. The van der Waals surface area contributed by atoms with Gasteiger partial charge in [-0.15, -0.1) is 0 Å². The number of fused-ring (bicyclic) bond motifs is 1. The number of aryl methyl sites for hydroxylation is 9. The van der Waals surface area contributed by atoms with Crippen LogP contribution in [0.25, 0.3) is 11.2 Å². The average molecular weight is 725 g/mol. The fourth-order valence-corrected chi connectivity index (χ4v) is 7.62. The zero-order chi connectivity index (χ0) is 37.6. The number of hydrogen-bond acceptors (Lipinski definition) is 10. The monoisotopic (exact) mass is 724 g/mol. The summed E-state index contributed by atoms with van der Waals surface area (Å²) in [7, 11) is 0. The fraction of sp³-hybridized carbons (Fsp3) is 0.350. The van der Waals surface area contributed by atoms with E-state index in [1.54, 1.807) is 4.57 Å². The Labute approximate surface area is 307 Å². The molecule has 52 heavy (non-hydrogen) atoms. The third kappa shape index (κ3) is 7.03. The van der Waals surface area contributed by atoms with E-state index in [0.717, 1.165) is 50.1 Å². The Balaban J connectivity index is 1.44. The van der Waals surface area contributed by atoms with Gasteiger partial charge in [0, 0.05) is 0 Å². The lowest BCUT2D eigenvalue weighted by atomic mass is 9.99. The number of benzene rings is 3. The van der Waals surface area contributed by atoms with Crippen LogP contribution in [0.3, 0.4) is 0 Å². The molecule has 4 atom stereocenters. The second kappa shape index (κ2) is 14.5. The van der Waals surface area contributed by atoms with E-state index in [0.29, 0.717) is 27.9 Å². The third-order valence-corrected chi connectivity index (χ3v) is 9.66. The van der Waals surface area contributed by atoms with Crippen molar-refractivity contribution in [3.63, 3.8) is 0 Å². The van der Waals surface area contributed by atoms with Crippen molar-refractivity contribution >= 4 is 40.7 Å². The topological polar surface area (TPSA) is 132 Å². The van der Waals surface area contributed by atoms with E-state index in [4.69, 9.17) is 30.5 Å². The van der Waals surface area contributed by atoms with Crippen LogP contribution in [0.4, 0.5) is 0 Å². The first-order chi connectivity index (χ1) is 24.6. The zero-order valence-electron chi connectivity index (χ0n) is 30.7. The van der Waals surface area contributed by atoms with Gasteiger partial charge < -0.3 is 18.9 Å². The van der Waals surface area contributed by atoms with E-state index in [-0.39, 0.29) is 11.8 Å². The van der Waals surface area contributed by atoms with E-state index in [2.05, 4.69) is 15.0 Å². The Morgan fingerprint density at radius 3 is 1.58 bits per heavy atom. The van der Waals surface area contributed by atoms with Crippen LogP contribution in [-0.2, 0) is 18.9 Å². The fourth-order valence-electron chi connectivity index (χ4n) is 7.44. The summed E-state index contributed by atoms with van der Waals surface area (Å²) in [6.07, 6.45) is -1.97. The van der Waals surface area contributed by atoms with Gasteiger partial charge in [-0.05, 0) is 95.7 Å². The quantitative estimate of drug-likeness (QED) is 0.0903. The molecule has 5 aromatic rings. The first kappa shape index (κ1) is 36.7. The van der Waals surface area contributed by atoms with Gasteiger partial charge in [0.1, 0.15) is 24.6 Å². The predicted molar refractivity (Wildman–Crippen MR) is 195 cm³/mol. The maximum Gasteiger partial charge on any atom is 0.339 e. The van der Waals surface area contributed by atoms with Crippen molar-refractivity contribution in [3.8, 4) is 0 Å². The van der Waals surface area contributed by atoms with Crippen LogP contribution in [0.2, 0.25) is 5.15 Å². The molecule has 0 radical (unpaired) electrons. The molecule has 1 saturated heterocycles. The van der Waals surface area contributed by atoms with Gasteiger partial charge in [0.15, 0.2) is 29.2 Å². The van der Waals surface area contributed by atoms with Crippen molar-refractivity contribution in [1.82, 2.24) is 19.5 Å². The number of esters is 3. The summed E-state index contributed by atoms with van der Waals surface area (Å²) in [5.41, 5.74) is 9.18. The highest BCUT2D eigenvalue weighted by atomic mass is 35.5. The normalized spacial score (nSPS) is 18.4. The Kier molecular flexibility index (Phi) is 10.2. The highest BCUT2D eigenvalue weighted by Gasteiger charge is 2.52. The number of aromatic nitrogens is 4. The first-order valence-electron chi connectivity index (χ1n) is 17.0. The maximum absolute atomic E-state index is 14.1. The van der Waals surface area contributed by atoms with Crippen molar-refractivity contribution in [2.45, 2.75) is 86.9 Å². The van der Waals surface area contributed by atoms with Crippen LogP contribution in [0.15, 0.2) is 49.1 Å². The summed E-state index contributed by atoms with van der Waals surface area (Å²) in [5.74, 6) is -1.85. The highest BCUT2D eigenvalue weighted by molar-refractivity contribution is 6.33. The zero-order valence-corrected chi connectivity index (χ0v) is 31.4. The van der Waals surface area contributed by atoms with Gasteiger partial charge in [-0.2, -0.15) is 0 Å². The molecule has 0 N–H and O–H groups in total. The van der Waals surface area contributed by atoms with E-state index in [1.807, 2.05) is 98.7 Å². The Morgan fingerprint density at radius 2 is 1.10 bits per heavy atom. The summed E-state index contributed by atoms with van der Waals surface area (Å²) in [6, 6.07) is 11.4. The molecule has 0 bridgehead atoms. The summed E-state index contributed by atoms with van der Waals surface area (Å²) >= 11 is 6.36. The molecule has 270 valence electrons. The average Bonchev–Trinajstić information content (AvgIpc) is 3.60. The number of hydrogen-bond donors (Lipinski definition) is 0. The van der Waals surface area contributed by atoms with E-state index < -0.39 is 42.4 Å². The van der Waals surface area contributed by atoms with Crippen molar-refractivity contribution in [1.29, 1.82) is 0 Å². The van der Waals surface area contributed by atoms with Crippen molar-refractivity contribution in [2.24, 2.45) is 0 Å². The second-order valence-corrected chi connectivity index (χ2v) is 14.1. The summed E-state index contributed by atoms with van der Waals surface area (Å²) in [5, 5.41) is 0.115. The summed E-state index contributed by atoms with van der Waals surface area (Å²) in [4.78, 5) is 54.6. The van der Waals surface area contributed by atoms with Crippen molar-refractivity contribution < 1.29 is 33.3 Å². The molecule has 0 amide bonds. The lowest BCUT2D eigenvalue weighted by Crippen LogP contribution is -2.41. The van der Waals surface area contributed by atoms with Gasteiger partial charge in [0.05, 0.1) is 23.0 Å². The largest absolute Gasteiger partial charge is 0.459 e. The van der Waals surface area contributed by atoms with E-state index >= 15 is 0 Å². The van der Waals surface area contributed by atoms with Crippen LogP contribution in [0.1, 0.15) is 87.4 Å². The molecule has 11 nitrogen and oxygen atoms in total. The van der Waals surface area contributed by atoms with Gasteiger partial charge in [0.2, 0.25) is 0 Å². The summed E-state index contributed by atoms with van der Waals surface area (Å²) < 4.78 is 26.6. The summed E-state index contributed by atoms with van der Waals surface area (Å²) in [6.45, 7) is 16.5. The van der Waals surface area contributed by atoms with Gasteiger partial charge in [-0.3, -0.25) is 4.57 Å². The minimum absolute atomic E-state index is 0.115. The molecule has 12 heteroatoms. The predicted octanol–water partition coefficient (Wildman–Crippen LogP) is 7.46. The Hall–Kier alpha value is -5.13. The standard InChI is InChI=1S/C40H41ClN4O7/c1-19-10-22(4)29(23(5)11-19)38(46)49-16-28-33(51-39(47)30-24(6)12-20(2)13-25(30)7)34(52-40(48)31-26(8)14-21(3)15-27(31)9)37(50-28)45-18-44-32-35(41)42-17-43-36(32)45/h10-15,17-18,28,33-34,37H,16H2,1-9H3. The number of ether oxygens (including phenoxy) is 4. The molecule has 3 heterocycles. The third-order valence-electron chi connectivity index (χ3n) is 9.38. The van der Waals surface area contributed by atoms with E-state index in [9.17, 15) is 14.4 Å². The molecule has 0 spiro atoms. The second-order valence-electron chi connectivity index (χ2n) is 13.7. The first-order valence-corrected chi connectivity index (χ1v) is 17.3. The van der Waals surface area contributed by atoms with Crippen LogP contribution in [0, 0.1) is 62.3 Å². The van der Waals surface area contributed by atoms with Crippen LogP contribution in [0.5, 0.6) is 0 Å². The van der Waals surface area contributed by atoms with Crippen LogP contribution < -0.4 is 0 Å². The number of imidazole rings is 1. The lowest BCUT2D eigenvalue weighted by Gasteiger charge is -2.26. The molecule has 1 aliphatic rings. The Morgan fingerprint density at radius 1 is 0.654 bits per heavy atom. The maximum atomic E-state index is 14.1. The lowest BCUT2D eigenvalue weighted by molar-refractivity contribution is -0.0606. The molecule has 4 unspecified atom stereocenters. The van der Waals surface area contributed by atoms with E-state index in [1.165, 1.54) is 12.7 Å². The molecule has 1 aliphatic heterocycles. The van der Waals surface area contributed by atoms with Gasteiger partial charge >= 0.3 is 17.9 Å². The molecule has 1 fully saturated rings. The molecular formula is C40H41ClN4O7. The number of halogens is 1. The Bertz CT molecular complexity index is 2180. The van der Waals surface area contributed by atoms with Crippen molar-refractivity contribution in [2.75, 3.05) is 6.61 Å². The molecule has 6 rings (SSSR count). The minimum atomic E-state index is -1.25. The van der Waals surface area contributed by atoms with Gasteiger partial charge in [-0.25, -0.2) is 29.3 Å². The molecule has 3 aromatic carbocycles. The molecule has 0 saturated carbocycles. The number of carbonyl (C=O) groups excluding carboxylic acids is 3. The molecule has 2 aromatic heterocycles. The minimum Gasteiger partial charge on any atom is -0.459 e. The molecule has 0 aliphatic carbocycles.